The lowest BCUT2D eigenvalue weighted by molar-refractivity contribution is -0.117. The molecule has 0 unspecified atom stereocenters. The van der Waals surface area contributed by atoms with Gasteiger partial charge in [-0.3, -0.25) is 4.79 Å². The van der Waals surface area contributed by atoms with Gasteiger partial charge in [-0.15, -0.1) is 0 Å². The molecule has 0 aliphatic heterocycles. The van der Waals surface area contributed by atoms with E-state index < -0.39 is 5.91 Å². The molecule has 3 aromatic rings. The third-order valence-corrected chi connectivity index (χ3v) is 4.08. The van der Waals surface area contributed by atoms with Gasteiger partial charge in [-0.25, -0.2) is 14.6 Å². The zero-order chi connectivity index (χ0) is 16.4. The second-order valence-corrected chi connectivity index (χ2v) is 6.01. The van der Waals surface area contributed by atoms with Crippen molar-refractivity contribution >= 4 is 32.6 Å². The SMILES string of the molecule is COCCn1nc(CC(N)=O)nc1-c1ccc2sc(N)nc2c1. The smallest absolute Gasteiger partial charge is 0.225 e. The quantitative estimate of drug-likeness (QED) is 0.689. The number of thiazole rings is 1. The van der Waals surface area contributed by atoms with E-state index in [9.17, 15) is 4.79 Å². The highest BCUT2D eigenvalue weighted by Crippen LogP contribution is 2.28. The van der Waals surface area contributed by atoms with E-state index >= 15 is 0 Å². The first kappa shape index (κ1) is 15.4. The molecule has 3 rings (SSSR count). The molecule has 2 heterocycles. The van der Waals surface area contributed by atoms with Crippen molar-refractivity contribution in [3.8, 4) is 11.4 Å². The number of nitrogen functional groups attached to an aromatic ring is 1. The van der Waals surface area contributed by atoms with Gasteiger partial charge < -0.3 is 16.2 Å². The van der Waals surface area contributed by atoms with E-state index in [-0.39, 0.29) is 6.42 Å². The first-order chi connectivity index (χ1) is 11.1. The molecular formula is C14H16N6O2S. The first-order valence-electron chi connectivity index (χ1n) is 6.94. The molecule has 2 aromatic heterocycles. The predicted molar refractivity (Wildman–Crippen MR) is 87.8 cm³/mol. The van der Waals surface area contributed by atoms with Gasteiger partial charge in [-0.1, -0.05) is 11.3 Å². The van der Waals surface area contributed by atoms with Crippen LogP contribution in [0.5, 0.6) is 0 Å². The average molecular weight is 332 g/mol. The highest BCUT2D eigenvalue weighted by molar-refractivity contribution is 7.22. The molecular weight excluding hydrogens is 316 g/mol. The van der Waals surface area contributed by atoms with Crippen molar-refractivity contribution < 1.29 is 9.53 Å². The van der Waals surface area contributed by atoms with Crippen LogP contribution in [-0.4, -0.2) is 39.4 Å². The summed E-state index contributed by atoms with van der Waals surface area (Å²) in [5, 5.41) is 4.85. The van der Waals surface area contributed by atoms with E-state index in [0.717, 1.165) is 15.8 Å². The van der Waals surface area contributed by atoms with Crippen molar-refractivity contribution in [1.29, 1.82) is 0 Å². The summed E-state index contributed by atoms with van der Waals surface area (Å²) in [7, 11) is 1.62. The Morgan fingerprint density at radius 1 is 1.39 bits per heavy atom. The number of aromatic nitrogens is 4. The number of nitrogens with zero attached hydrogens (tertiary/aromatic N) is 4. The number of carbonyl (C=O) groups is 1. The first-order valence-corrected chi connectivity index (χ1v) is 7.76. The summed E-state index contributed by atoms with van der Waals surface area (Å²) in [4.78, 5) is 19.8. The van der Waals surface area contributed by atoms with Crippen LogP contribution in [0.1, 0.15) is 5.82 Å². The molecule has 0 saturated heterocycles. The second-order valence-electron chi connectivity index (χ2n) is 4.95. The van der Waals surface area contributed by atoms with Crippen LogP contribution in [0.4, 0.5) is 5.13 Å². The fraction of sp³-hybridized carbons (Fsp3) is 0.286. The zero-order valence-corrected chi connectivity index (χ0v) is 13.3. The van der Waals surface area contributed by atoms with Crippen LogP contribution in [0.3, 0.4) is 0 Å². The number of primary amides is 1. The molecule has 9 heteroatoms. The number of carbonyl (C=O) groups excluding carboxylic acids is 1. The van der Waals surface area contributed by atoms with Crippen LogP contribution in [0.15, 0.2) is 18.2 Å². The van der Waals surface area contributed by atoms with Gasteiger partial charge in [0.15, 0.2) is 16.8 Å². The van der Waals surface area contributed by atoms with E-state index in [4.69, 9.17) is 16.2 Å². The number of methoxy groups -OCH3 is 1. The third kappa shape index (κ3) is 3.30. The van der Waals surface area contributed by atoms with Gasteiger partial charge >= 0.3 is 0 Å². The van der Waals surface area contributed by atoms with E-state index in [1.165, 1.54) is 11.3 Å². The maximum atomic E-state index is 11.1. The number of ether oxygens (including phenoxy) is 1. The van der Waals surface area contributed by atoms with E-state index in [1.807, 2.05) is 18.2 Å². The number of anilines is 1. The topological polar surface area (TPSA) is 122 Å². The van der Waals surface area contributed by atoms with Crippen LogP contribution in [0.25, 0.3) is 21.6 Å². The molecule has 120 valence electrons. The molecule has 4 N–H and O–H groups in total. The highest BCUT2D eigenvalue weighted by Gasteiger charge is 2.14. The zero-order valence-electron chi connectivity index (χ0n) is 12.5. The van der Waals surface area contributed by atoms with Gasteiger partial charge in [-0.05, 0) is 18.2 Å². The fourth-order valence-electron chi connectivity index (χ4n) is 2.25. The largest absolute Gasteiger partial charge is 0.383 e. The van der Waals surface area contributed by atoms with Crippen molar-refractivity contribution in [2.75, 3.05) is 19.5 Å². The molecule has 0 fully saturated rings. The minimum atomic E-state index is -0.469. The van der Waals surface area contributed by atoms with Crippen LogP contribution in [0, 0.1) is 0 Å². The van der Waals surface area contributed by atoms with Crippen molar-refractivity contribution in [3.63, 3.8) is 0 Å². The van der Waals surface area contributed by atoms with Crippen molar-refractivity contribution in [2.24, 2.45) is 5.73 Å². The Morgan fingerprint density at radius 3 is 2.96 bits per heavy atom. The Labute approximate surface area is 136 Å². The molecule has 0 aliphatic rings. The summed E-state index contributed by atoms with van der Waals surface area (Å²) < 4.78 is 7.81. The molecule has 8 nitrogen and oxygen atoms in total. The Kier molecular flexibility index (Phi) is 4.22. The summed E-state index contributed by atoms with van der Waals surface area (Å²) in [6.45, 7) is 1.01. The summed E-state index contributed by atoms with van der Waals surface area (Å²) >= 11 is 1.43. The highest BCUT2D eigenvalue weighted by atomic mass is 32.1. The Bertz CT molecular complexity index is 856. The monoisotopic (exact) mass is 332 g/mol. The molecule has 0 bridgehead atoms. The predicted octanol–water partition coefficient (Wildman–Crippen LogP) is 0.811. The second kappa shape index (κ2) is 6.31. The molecule has 0 saturated carbocycles. The number of hydrogen-bond acceptors (Lipinski definition) is 7. The molecule has 23 heavy (non-hydrogen) atoms. The Balaban J connectivity index is 2.03. The lowest BCUT2D eigenvalue weighted by Crippen LogP contribution is -2.15. The van der Waals surface area contributed by atoms with Gasteiger partial charge in [0.25, 0.3) is 0 Å². The summed E-state index contributed by atoms with van der Waals surface area (Å²) in [6, 6.07) is 5.78. The Morgan fingerprint density at radius 2 is 2.22 bits per heavy atom. The van der Waals surface area contributed by atoms with E-state index in [1.54, 1.807) is 11.8 Å². The van der Waals surface area contributed by atoms with E-state index in [2.05, 4.69) is 15.1 Å². The lowest BCUT2D eigenvalue weighted by atomic mass is 10.2. The molecule has 0 spiro atoms. The number of amides is 1. The maximum absolute atomic E-state index is 11.1. The van der Waals surface area contributed by atoms with E-state index in [0.29, 0.717) is 29.9 Å². The lowest BCUT2D eigenvalue weighted by Gasteiger charge is -2.05. The van der Waals surface area contributed by atoms with Gasteiger partial charge in [0, 0.05) is 12.7 Å². The van der Waals surface area contributed by atoms with Crippen LogP contribution in [-0.2, 0) is 22.5 Å². The molecule has 0 radical (unpaired) electrons. The minimum absolute atomic E-state index is 0.00112. The van der Waals surface area contributed by atoms with Crippen molar-refractivity contribution in [1.82, 2.24) is 19.7 Å². The van der Waals surface area contributed by atoms with Crippen molar-refractivity contribution in [3.05, 3.63) is 24.0 Å². The van der Waals surface area contributed by atoms with Gasteiger partial charge in [-0.2, -0.15) is 5.10 Å². The summed E-state index contributed by atoms with van der Waals surface area (Å²) in [5.41, 5.74) is 12.6. The maximum Gasteiger partial charge on any atom is 0.225 e. The number of nitrogens with two attached hydrogens (primary N) is 2. The third-order valence-electron chi connectivity index (χ3n) is 3.22. The summed E-state index contributed by atoms with van der Waals surface area (Å²) in [6.07, 6.45) is -0.00112. The Hall–Kier alpha value is -2.52. The van der Waals surface area contributed by atoms with Crippen molar-refractivity contribution in [2.45, 2.75) is 13.0 Å². The fourth-order valence-corrected chi connectivity index (χ4v) is 2.97. The number of hydrogen-bond donors (Lipinski definition) is 2. The number of benzene rings is 1. The van der Waals surface area contributed by atoms with Gasteiger partial charge in [0.05, 0.1) is 29.8 Å². The molecule has 0 atom stereocenters. The standard InChI is InChI=1S/C14H16N6O2S/c1-22-5-4-20-13(18-12(19-20)7-11(15)21)8-2-3-10-9(6-8)17-14(16)23-10/h2-3,6H,4-5,7H2,1H3,(H2,15,21)(H2,16,17). The minimum Gasteiger partial charge on any atom is -0.383 e. The molecule has 0 aliphatic carbocycles. The van der Waals surface area contributed by atoms with Gasteiger partial charge in [0.2, 0.25) is 5.91 Å². The summed E-state index contributed by atoms with van der Waals surface area (Å²) in [5.74, 6) is 0.566. The van der Waals surface area contributed by atoms with Crippen LogP contribution in [0.2, 0.25) is 0 Å². The van der Waals surface area contributed by atoms with Gasteiger partial charge in [0.1, 0.15) is 0 Å². The number of fused-ring (bicyclic) bond motifs is 1. The number of rotatable bonds is 6. The average Bonchev–Trinajstić information content (AvgIpc) is 3.05. The molecule has 1 amide bonds. The molecule has 1 aromatic carbocycles. The van der Waals surface area contributed by atoms with Crippen LogP contribution >= 0.6 is 11.3 Å². The van der Waals surface area contributed by atoms with Crippen LogP contribution < -0.4 is 11.5 Å². The normalized spacial score (nSPS) is 11.2.